The van der Waals surface area contributed by atoms with Crippen LogP contribution in [-0.4, -0.2) is 28.5 Å². The number of carbonyl (C=O) groups is 1. The summed E-state index contributed by atoms with van der Waals surface area (Å²) < 4.78 is 6.06. The molecule has 2 N–H and O–H groups in total. The van der Waals surface area contributed by atoms with E-state index in [2.05, 4.69) is 20.8 Å². The molecule has 0 aliphatic carbocycles. The summed E-state index contributed by atoms with van der Waals surface area (Å²) in [7, 11) is 1.62. The number of carbonyl (C=O) groups excluding carboxylic acids is 1. The van der Waals surface area contributed by atoms with Gasteiger partial charge in [0.2, 0.25) is 11.0 Å². The van der Waals surface area contributed by atoms with Crippen molar-refractivity contribution in [3.05, 3.63) is 53.6 Å². The summed E-state index contributed by atoms with van der Waals surface area (Å²) in [5, 5.41) is 14.9. The lowest BCUT2D eigenvalue weighted by atomic mass is 10.1. The summed E-state index contributed by atoms with van der Waals surface area (Å²) in [4.78, 5) is 12.6. The van der Waals surface area contributed by atoms with Crippen LogP contribution in [0.5, 0.6) is 5.75 Å². The number of hydrogen-bond acceptors (Lipinski definition) is 7. The fraction of sp³-hybridized carbons (Fsp3) is 0.250. The Bertz CT molecular complexity index is 954. The number of rotatable bonds is 7. The zero-order valence-electron chi connectivity index (χ0n) is 16.1. The molecule has 0 spiro atoms. The highest BCUT2D eigenvalue weighted by molar-refractivity contribution is 8.02. The first kappa shape index (κ1) is 20.2. The van der Waals surface area contributed by atoms with Gasteiger partial charge in [-0.05, 0) is 44.0 Å². The number of nitrogens with zero attached hydrogens (tertiary/aromatic N) is 2. The van der Waals surface area contributed by atoms with Crippen LogP contribution in [0, 0.1) is 13.8 Å². The highest BCUT2D eigenvalue weighted by atomic mass is 32.2. The molecule has 146 valence electrons. The van der Waals surface area contributed by atoms with Crippen molar-refractivity contribution in [3.8, 4) is 5.75 Å². The zero-order valence-corrected chi connectivity index (χ0v) is 17.8. The molecular formula is C20H22N4O2S2. The van der Waals surface area contributed by atoms with Crippen LogP contribution in [0.2, 0.25) is 0 Å². The molecule has 0 bridgehead atoms. The van der Waals surface area contributed by atoms with Gasteiger partial charge in [-0.2, -0.15) is 0 Å². The number of aromatic nitrogens is 2. The van der Waals surface area contributed by atoms with E-state index >= 15 is 0 Å². The third-order valence-electron chi connectivity index (χ3n) is 4.13. The second kappa shape index (κ2) is 9.07. The number of ether oxygens (including phenoxy) is 1. The van der Waals surface area contributed by atoms with Gasteiger partial charge in [0, 0.05) is 5.69 Å². The van der Waals surface area contributed by atoms with Crippen LogP contribution in [0.25, 0.3) is 0 Å². The Balaban J connectivity index is 1.63. The Morgan fingerprint density at radius 1 is 1.11 bits per heavy atom. The van der Waals surface area contributed by atoms with Crippen molar-refractivity contribution in [1.29, 1.82) is 0 Å². The smallest absolute Gasteiger partial charge is 0.237 e. The van der Waals surface area contributed by atoms with Gasteiger partial charge in [-0.15, -0.1) is 10.2 Å². The van der Waals surface area contributed by atoms with E-state index in [4.69, 9.17) is 4.74 Å². The van der Waals surface area contributed by atoms with Gasteiger partial charge in [0.1, 0.15) is 5.75 Å². The van der Waals surface area contributed by atoms with Gasteiger partial charge in [-0.25, -0.2) is 0 Å². The molecule has 3 rings (SSSR count). The molecule has 28 heavy (non-hydrogen) atoms. The van der Waals surface area contributed by atoms with E-state index in [1.165, 1.54) is 23.1 Å². The maximum Gasteiger partial charge on any atom is 0.237 e. The summed E-state index contributed by atoms with van der Waals surface area (Å²) in [5.74, 6) is 0.671. The molecule has 8 heteroatoms. The number of thioether (sulfide) groups is 1. The number of nitrogens with one attached hydrogen (secondary N) is 2. The lowest BCUT2D eigenvalue weighted by Crippen LogP contribution is -2.23. The van der Waals surface area contributed by atoms with Crippen molar-refractivity contribution in [2.45, 2.75) is 30.4 Å². The average Bonchev–Trinajstić information content (AvgIpc) is 3.12. The normalized spacial score (nSPS) is 11.7. The van der Waals surface area contributed by atoms with E-state index in [-0.39, 0.29) is 11.2 Å². The van der Waals surface area contributed by atoms with Gasteiger partial charge in [-0.3, -0.25) is 4.79 Å². The Labute approximate surface area is 172 Å². The van der Waals surface area contributed by atoms with Gasteiger partial charge in [0.15, 0.2) is 4.34 Å². The largest absolute Gasteiger partial charge is 0.495 e. The molecular weight excluding hydrogens is 392 g/mol. The van der Waals surface area contributed by atoms with Crippen LogP contribution >= 0.6 is 23.1 Å². The summed E-state index contributed by atoms with van der Waals surface area (Å²) >= 11 is 2.78. The number of hydrogen-bond donors (Lipinski definition) is 2. The standard InChI is InChI=1S/C20H22N4O2S2/c1-12-8-7-9-13(2)17(12)22-18(25)14(3)27-20-24-23-19(28-20)21-15-10-5-6-11-16(15)26-4/h5-11,14H,1-4H3,(H,21,23)(H,22,25). The number of anilines is 3. The van der Waals surface area contributed by atoms with E-state index in [0.29, 0.717) is 5.13 Å². The maximum atomic E-state index is 12.6. The first-order valence-electron chi connectivity index (χ1n) is 8.75. The highest BCUT2D eigenvalue weighted by Crippen LogP contribution is 2.33. The first-order chi connectivity index (χ1) is 13.5. The third-order valence-corrected chi connectivity index (χ3v) is 6.15. The molecule has 1 aromatic heterocycles. The van der Waals surface area contributed by atoms with Crippen LogP contribution in [0.4, 0.5) is 16.5 Å². The molecule has 0 saturated heterocycles. The number of para-hydroxylation sites is 3. The fourth-order valence-corrected chi connectivity index (χ4v) is 4.52. The van der Waals surface area contributed by atoms with Gasteiger partial charge >= 0.3 is 0 Å². The second-order valence-electron chi connectivity index (χ2n) is 6.21. The maximum absolute atomic E-state index is 12.6. The molecule has 1 unspecified atom stereocenters. The zero-order chi connectivity index (χ0) is 20.1. The van der Waals surface area contributed by atoms with Gasteiger partial charge in [0.25, 0.3) is 0 Å². The molecule has 3 aromatic rings. The summed E-state index contributed by atoms with van der Waals surface area (Å²) in [6.45, 7) is 5.84. The van der Waals surface area contributed by atoms with Crippen molar-refractivity contribution < 1.29 is 9.53 Å². The predicted molar refractivity (Wildman–Crippen MR) is 116 cm³/mol. The number of amides is 1. The quantitative estimate of drug-likeness (QED) is 0.528. The van der Waals surface area contributed by atoms with E-state index in [0.717, 1.165) is 32.6 Å². The monoisotopic (exact) mass is 414 g/mol. The number of aryl methyl sites for hydroxylation is 2. The first-order valence-corrected chi connectivity index (χ1v) is 10.4. The molecule has 6 nitrogen and oxygen atoms in total. The minimum absolute atomic E-state index is 0.0585. The Morgan fingerprint density at radius 3 is 2.54 bits per heavy atom. The molecule has 0 aliphatic rings. The van der Waals surface area contributed by atoms with Gasteiger partial charge in [0.05, 0.1) is 18.0 Å². The topological polar surface area (TPSA) is 76.1 Å². The summed E-state index contributed by atoms with van der Waals surface area (Å²) in [6, 6.07) is 13.6. The van der Waals surface area contributed by atoms with E-state index in [9.17, 15) is 4.79 Å². The summed E-state index contributed by atoms with van der Waals surface area (Å²) in [6.07, 6.45) is 0. The fourth-order valence-electron chi connectivity index (χ4n) is 2.61. The minimum atomic E-state index is -0.300. The van der Waals surface area contributed by atoms with E-state index in [1.54, 1.807) is 7.11 Å². The second-order valence-corrected chi connectivity index (χ2v) is 8.78. The lowest BCUT2D eigenvalue weighted by molar-refractivity contribution is -0.115. The van der Waals surface area contributed by atoms with Crippen LogP contribution < -0.4 is 15.4 Å². The number of benzene rings is 2. The number of methoxy groups -OCH3 is 1. The van der Waals surface area contributed by atoms with E-state index in [1.807, 2.05) is 63.2 Å². The molecule has 0 fully saturated rings. The van der Waals surface area contributed by atoms with Crippen molar-refractivity contribution >= 4 is 45.5 Å². The summed E-state index contributed by atoms with van der Waals surface area (Å²) in [5.41, 5.74) is 3.78. The third kappa shape index (κ3) is 4.82. The Kier molecular flexibility index (Phi) is 6.53. The van der Waals surface area contributed by atoms with Gasteiger partial charge in [-0.1, -0.05) is 53.4 Å². The van der Waals surface area contributed by atoms with Crippen LogP contribution in [0.3, 0.4) is 0 Å². The molecule has 1 amide bonds. The molecule has 0 aliphatic heterocycles. The van der Waals surface area contributed by atoms with Crippen molar-refractivity contribution in [2.75, 3.05) is 17.7 Å². The van der Waals surface area contributed by atoms with Crippen LogP contribution in [0.15, 0.2) is 46.8 Å². The van der Waals surface area contributed by atoms with Crippen molar-refractivity contribution in [1.82, 2.24) is 10.2 Å². The van der Waals surface area contributed by atoms with Gasteiger partial charge < -0.3 is 15.4 Å². The molecule has 0 saturated carbocycles. The SMILES string of the molecule is COc1ccccc1Nc1nnc(SC(C)C(=O)Nc2c(C)cccc2C)s1. The lowest BCUT2D eigenvalue weighted by Gasteiger charge is -2.14. The van der Waals surface area contributed by atoms with Crippen molar-refractivity contribution in [2.24, 2.45) is 0 Å². The van der Waals surface area contributed by atoms with E-state index < -0.39 is 0 Å². The van der Waals surface area contributed by atoms with Crippen LogP contribution in [-0.2, 0) is 4.79 Å². The predicted octanol–water partition coefficient (Wildman–Crippen LogP) is 5.03. The molecule has 0 radical (unpaired) electrons. The molecule has 2 aromatic carbocycles. The highest BCUT2D eigenvalue weighted by Gasteiger charge is 2.19. The Morgan fingerprint density at radius 2 is 1.82 bits per heavy atom. The minimum Gasteiger partial charge on any atom is -0.495 e. The molecule has 1 atom stereocenters. The average molecular weight is 415 g/mol. The van der Waals surface area contributed by atoms with Crippen LogP contribution in [0.1, 0.15) is 18.1 Å². The molecule has 1 heterocycles. The van der Waals surface area contributed by atoms with Crippen molar-refractivity contribution in [3.63, 3.8) is 0 Å². The Hall–Kier alpha value is -2.58.